The molecular formula is C14H9ClN2O3. The second-order valence-corrected chi connectivity index (χ2v) is 4.41. The Labute approximate surface area is 120 Å². The molecule has 0 unspecified atom stereocenters. The van der Waals surface area contributed by atoms with Gasteiger partial charge in [0.15, 0.2) is 5.75 Å². The number of nitro groups is 1. The lowest BCUT2D eigenvalue weighted by molar-refractivity contribution is -0.385. The Morgan fingerprint density at radius 3 is 2.80 bits per heavy atom. The second-order valence-electron chi connectivity index (χ2n) is 3.97. The molecular weight excluding hydrogens is 280 g/mol. The maximum Gasteiger partial charge on any atom is 0.311 e. The first-order chi connectivity index (χ1) is 9.60. The van der Waals surface area contributed by atoms with Gasteiger partial charge in [-0.25, -0.2) is 0 Å². The zero-order valence-electron chi connectivity index (χ0n) is 10.2. The van der Waals surface area contributed by atoms with E-state index in [1.807, 2.05) is 6.07 Å². The van der Waals surface area contributed by atoms with Crippen molar-refractivity contribution >= 4 is 17.3 Å². The first-order valence-corrected chi connectivity index (χ1v) is 6.04. The van der Waals surface area contributed by atoms with E-state index < -0.39 is 4.92 Å². The van der Waals surface area contributed by atoms with Crippen LogP contribution < -0.4 is 4.74 Å². The number of nitriles is 1. The van der Waals surface area contributed by atoms with Gasteiger partial charge >= 0.3 is 5.69 Å². The zero-order chi connectivity index (χ0) is 14.5. The van der Waals surface area contributed by atoms with Crippen molar-refractivity contribution in [3.05, 3.63) is 68.7 Å². The third-order valence-electron chi connectivity index (χ3n) is 2.57. The molecule has 0 radical (unpaired) electrons. The third kappa shape index (κ3) is 3.25. The highest BCUT2D eigenvalue weighted by molar-refractivity contribution is 6.30. The summed E-state index contributed by atoms with van der Waals surface area (Å²) in [7, 11) is 0. The second kappa shape index (κ2) is 6.04. The van der Waals surface area contributed by atoms with Crippen molar-refractivity contribution in [2.75, 3.05) is 0 Å². The van der Waals surface area contributed by atoms with Gasteiger partial charge < -0.3 is 4.74 Å². The minimum absolute atomic E-state index is 0.102. The molecule has 0 aromatic heterocycles. The normalized spacial score (nSPS) is 9.80. The van der Waals surface area contributed by atoms with Crippen molar-refractivity contribution in [3.8, 4) is 11.8 Å². The van der Waals surface area contributed by atoms with Crippen LogP contribution in [0.1, 0.15) is 11.1 Å². The van der Waals surface area contributed by atoms with Gasteiger partial charge in [0, 0.05) is 17.2 Å². The van der Waals surface area contributed by atoms with Crippen LogP contribution in [0.25, 0.3) is 0 Å². The number of rotatable bonds is 4. The summed E-state index contributed by atoms with van der Waals surface area (Å²) in [5.74, 6) is 0.102. The van der Waals surface area contributed by atoms with E-state index in [4.69, 9.17) is 21.6 Å². The van der Waals surface area contributed by atoms with Crippen molar-refractivity contribution in [3.63, 3.8) is 0 Å². The molecule has 2 rings (SSSR count). The Bertz CT molecular complexity index is 695. The van der Waals surface area contributed by atoms with Gasteiger partial charge in [0.1, 0.15) is 6.61 Å². The first kappa shape index (κ1) is 13.8. The van der Waals surface area contributed by atoms with Crippen LogP contribution in [0.4, 0.5) is 5.69 Å². The molecule has 0 aliphatic rings. The summed E-state index contributed by atoms with van der Waals surface area (Å²) in [4.78, 5) is 10.4. The molecule has 5 nitrogen and oxygen atoms in total. The van der Waals surface area contributed by atoms with Crippen LogP contribution in [0.15, 0.2) is 42.5 Å². The van der Waals surface area contributed by atoms with Gasteiger partial charge in [-0.1, -0.05) is 23.7 Å². The van der Waals surface area contributed by atoms with E-state index in [2.05, 4.69) is 0 Å². The van der Waals surface area contributed by atoms with Crippen LogP contribution in [0.2, 0.25) is 5.02 Å². The van der Waals surface area contributed by atoms with Crippen LogP contribution in [0.5, 0.6) is 5.75 Å². The highest BCUT2D eigenvalue weighted by atomic mass is 35.5. The molecule has 0 aliphatic carbocycles. The van der Waals surface area contributed by atoms with E-state index in [0.717, 1.165) is 5.56 Å². The largest absolute Gasteiger partial charge is 0.482 e. The molecule has 0 aliphatic heterocycles. The van der Waals surface area contributed by atoms with Crippen LogP contribution >= 0.6 is 11.6 Å². The van der Waals surface area contributed by atoms with Gasteiger partial charge in [0.2, 0.25) is 0 Å². The molecule has 6 heteroatoms. The van der Waals surface area contributed by atoms with Gasteiger partial charge in [-0.15, -0.1) is 0 Å². The predicted molar refractivity (Wildman–Crippen MR) is 73.6 cm³/mol. The number of nitro benzene ring substituents is 1. The summed E-state index contributed by atoms with van der Waals surface area (Å²) in [6.07, 6.45) is 0. The summed E-state index contributed by atoms with van der Waals surface area (Å²) in [6, 6.07) is 13.0. The molecule has 100 valence electrons. The van der Waals surface area contributed by atoms with E-state index in [0.29, 0.717) is 10.6 Å². The smallest absolute Gasteiger partial charge is 0.311 e. The summed E-state index contributed by atoms with van der Waals surface area (Å²) in [6.45, 7) is 0.122. The van der Waals surface area contributed by atoms with Gasteiger partial charge in [0.25, 0.3) is 0 Å². The van der Waals surface area contributed by atoms with Gasteiger partial charge in [-0.05, 0) is 23.8 Å². The Balaban J connectivity index is 2.20. The fourth-order valence-corrected chi connectivity index (χ4v) is 1.81. The Morgan fingerprint density at radius 2 is 2.10 bits per heavy atom. The van der Waals surface area contributed by atoms with Crippen LogP contribution in [-0.4, -0.2) is 4.92 Å². The lowest BCUT2D eigenvalue weighted by Crippen LogP contribution is -1.99. The molecule has 0 amide bonds. The predicted octanol–water partition coefficient (Wildman–Crippen LogP) is 3.70. The van der Waals surface area contributed by atoms with Gasteiger partial charge in [-0.2, -0.15) is 5.26 Å². The number of ether oxygens (including phenoxy) is 1. The Hall–Kier alpha value is -2.58. The lowest BCUT2D eigenvalue weighted by atomic mass is 10.1. The first-order valence-electron chi connectivity index (χ1n) is 5.66. The molecule has 0 spiro atoms. The molecule has 0 fully saturated rings. The van der Waals surface area contributed by atoms with Gasteiger partial charge in [0.05, 0.1) is 16.6 Å². The summed E-state index contributed by atoms with van der Waals surface area (Å²) < 4.78 is 5.43. The summed E-state index contributed by atoms with van der Waals surface area (Å²) in [5.41, 5.74) is 1.11. The molecule has 0 saturated carbocycles. The average molecular weight is 289 g/mol. The SMILES string of the molecule is N#Cc1cccc(COc2cc(Cl)ccc2[N+](=O)[O-])c1. The van der Waals surface area contributed by atoms with Crippen molar-refractivity contribution in [2.45, 2.75) is 6.61 Å². The highest BCUT2D eigenvalue weighted by Gasteiger charge is 2.15. The van der Waals surface area contributed by atoms with Crippen molar-refractivity contribution in [1.29, 1.82) is 5.26 Å². The fraction of sp³-hybridized carbons (Fsp3) is 0.0714. The van der Waals surface area contributed by atoms with Crippen molar-refractivity contribution in [2.24, 2.45) is 0 Å². The van der Waals surface area contributed by atoms with E-state index in [1.54, 1.807) is 24.3 Å². The molecule has 0 saturated heterocycles. The summed E-state index contributed by atoms with van der Waals surface area (Å²) >= 11 is 5.81. The maximum atomic E-state index is 10.9. The zero-order valence-corrected chi connectivity index (χ0v) is 11.0. The van der Waals surface area contributed by atoms with Gasteiger partial charge in [-0.3, -0.25) is 10.1 Å². The molecule has 0 atom stereocenters. The topological polar surface area (TPSA) is 76.2 Å². The number of benzene rings is 2. The summed E-state index contributed by atoms with van der Waals surface area (Å²) in [5, 5.41) is 20.0. The number of halogens is 1. The number of hydrogen-bond donors (Lipinski definition) is 0. The minimum Gasteiger partial charge on any atom is -0.482 e. The van der Waals surface area contributed by atoms with Crippen LogP contribution in [0, 0.1) is 21.4 Å². The van der Waals surface area contributed by atoms with Crippen molar-refractivity contribution < 1.29 is 9.66 Å². The average Bonchev–Trinajstić information content (AvgIpc) is 2.45. The van der Waals surface area contributed by atoms with E-state index >= 15 is 0 Å². The molecule has 2 aromatic rings. The maximum absolute atomic E-state index is 10.9. The lowest BCUT2D eigenvalue weighted by Gasteiger charge is -2.07. The molecule has 0 N–H and O–H groups in total. The molecule has 0 bridgehead atoms. The standard InChI is InChI=1S/C14H9ClN2O3/c15-12-4-5-13(17(18)19)14(7-12)20-9-11-3-1-2-10(6-11)8-16/h1-7H,9H2. The number of hydrogen-bond acceptors (Lipinski definition) is 4. The Kier molecular flexibility index (Phi) is 4.18. The van der Waals surface area contributed by atoms with Crippen LogP contribution in [0.3, 0.4) is 0 Å². The monoisotopic (exact) mass is 288 g/mol. The molecule has 0 heterocycles. The van der Waals surface area contributed by atoms with E-state index in [9.17, 15) is 10.1 Å². The minimum atomic E-state index is -0.530. The Morgan fingerprint density at radius 1 is 1.30 bits per heavy atom. The third-order valence-corrected chi connectivity index (χ3v) is 2.80. The van der Waals surface area contributed by atoms with Crippen LogP contribution in [-0.2, 0) is 6.61 Å². The van der Waals surface area contributed by atoms with Crippen molar-refractivity contribution in [1.82, 2.24) is 0 Å². The van der Waals surface area contributed by atoms with E-state index in [-0.39, 0.29) is 18.0 Å². The van der Waals surface area contributed by atoms with E-state index in [1.165, 1.54) is 18.2 Å². The highest BCUT2D eigenvalue weighted by Crippen LogP contribution is 2.30. The fourth-order valence-electron chi connectivity index (χ4n) is 1.65. The quantitative estimate of drug-likeness (QED) is 0.635. The molecule has 20 heavy (non-hydrogen) atoms. The molecule has 2 aromatic carbocycles. The number of nitrogens with zero attached hydrogens (tertiary/aromatic N) is 2.